The normalized spacial score (nSPS) is 10.4. The van der Waals surface area contributed by atoms with Gasteiger partial charge in [-0.05, 0) is 18.6 Å². The van der Waals surface area contributed by atoms with E-state index in [0.29, 0.717) is 16.6 Å². The molecule has 1 N–H and O–H groups in total. The molecule has 1 rings (SSSR count). The first-order valence-electron chi connectivity index (χ1n) is 5.97. The maximum Gasteiger partial charge on any atom is 0.305 e. The Morgan fingerprint density at radius 1 is 1.33 bits per heavy atom. The fourth-order valence-corrected chi connectivity index (χ4v) is 2.08. The highest BCUT2D eigenvalue weighted by Gasteiger charge is 2.13. The van der Waals surface area contributed by atoms with E-state index in [0.717, 1.165) is 25.1 Å². The molecule has 0 spiro atoms. The summed E-state index contributed by atoms with van der Waals surface area (Å²) in [5, 5.41) is 9.75. The van der Waals surface area contributed by atoms with Crippen LogP contribution in [-0.4, -0.2) is 24.2 Å². The van der Waals surface area contributed by atoms with E-state index in [1.807, 2.05) is 17.0 Å². The number of halogens is 2. The fraction of sp³-hybridized carbons (Fsp3) is 0.462. The number of carbonyl (C=O) groups is 1. The maximum absolute atomic E-state index is 10.7. The quantitative estimate of drug-likeness (QED) is 0.822. The Bertz CT molecular complexity index is 410. The first kappa shape index (κ1) is 15.1. The Morgan fingerprint density at radius 2 is 2.06 bits per heavy atom. The average Bonchev–Trinajstić information content (AvgIpc) is 2.33. The summed E-state index contributed by atoms with van der Waals surface area (Å²) in [7, 11) is 0. The van der Waals surface area contributed by atoms with Crippen LogP contribution in [-0.2, 0) is 4.79 Å². The van der Waals surface area contributed by atoms with Gasteiger partial charge in [0.15, 0.2) is 0 Å². The van der Waals surface area contributed by atoms with Crippen molar-refractivity contribution < 1.29 is 9.90 Å². The Labute approximate surface area is 117 Å². The molecule has 3 nitrogen and oxygen atoms in total. The van der Waals surface area contributed by atoms with Crippen LogP contribution in [0.4, 0.5) is 5.69 Å². The van der Waals surface area contributed by atoms with Crippen molar-refractivity contribution in [1.29, 1.82) is 0 Å². The zero-order chi connectivity index (χ0) is 13.5. The number of hydrogen-bond acceptors (Lipinski definition) is 2. The molecule has 0 radical (unpaired) electrons. The molecule has 0 aliphatic heterocycles. The van der Waals surface area contributed by atoms with Crippen LogP contribution >= 0.6 is 23.2 Å². The molecule has 0 heterocycles. The number of carboxylic acids is 1. The largest absolute Gasteiger partial charge is 0.481 e. The lowest BCUT2D eigenvalue weighted by Gasteiger charge is -2.25. The van der Waals surface area contributed by atoms with Crippen molar-refractivity contribution in [2.75, 3.05) is 18.0 Å². The van der Waals surface area contributed by atoms with Gasteiger partial charge >= 0.3 is 5.97 Å². The molecule has 0 fully saturated rings. The highest BCUT2D eigenvalue weighted by atomic mass is 35.5. The summed E-state index contributed by atoms with van der Waals surface area (Å²) in [6.07, 6.45) is 2.12. The second kappa shape index (κ2) is 7.49. The first-order valence-corrected chi connectivity index (χ1v) is 6.72. The van der Waals surface area contributed by atoms with Gasteiger partial charge in [0.1, 0.15) is 0 Å². The molecule has 1 aromatic carbocycles. The molecule has 0 aliphatic carbocycles. The van der Waals surface area contributed by atoms with E-state index < -0.39 is 5.97 Å². The molecule has 1 aromatic rings. The lowest BCUT2D eigenvalue weighted by Crippen LogP contribution is -2.27. The van der Waals surface area contributed by atoms with E-state index in [4.69, 9.17) is 28.3 Å². The summed E-state index contributed by atoms with van der Waals surface area (Å²) in [4.78, 5) is 12.7. The summed E-state index contributed by atoms with van der Waals surface area (Å²) >= 11 is 12.1. The summed E-state index contributed by atoms with van der Waals surface area (Å²) in [5.41, 5.74) is 0.805. The fourth-order valence-electron chi connectivity index (χ4n) is 1.67. The molecule has 0 aliphatic rings. The van der Waals surface area contributed by atoms with E-state index in [1.165, 1.54) is 0 Å². The number of carboxylic acid groups (broad SMARTS) is 1. The number of unbranched alkanes of at least 4 members (excludes halogenated alkanes) is 1. The van der Waals surface area contributed by atoms with E-state index in [-0.39, 0.29) is 6.42 Å². The predicted octanol–water partition coefficient (Wildman–Crippen LogP) is 4.07. The van der Waals surface area contributed by atoms with Gasteiger partial charge in [0.2, 0.25) is 0 Å². The number of hydrogen-bond donors (Lipinski definition) is 1. The van der Waals surface area contributed by atoms with Gasteiger partial charge in [0.25, 0.3) is 0 Å². The third-order valence-electron chi connectivity index (χ3n) is 2.65. The van der Waals surface area contributed by atoms with Crippen molar-refractivity contribution in [1.82, 2.24) is 0 Å². The van der Waals surface area contributed by atoms with Gasteiger partial charge in [-0.3, -0.25) is 4.79 Å². The molecule has 18 heavy (non-hydrogen) atoms. The van der Waals surface area contributed by atoms with Crippen LogP contribution < -0.4 is 4.90 Å². The minimum absolute atomic E-state index is 0.0898. The lowest BCUT2D eigenvalue weighted by atomic mass is 10.2. The van der Waals surface area contributed by atoms with E-state index in [9.17, 15) is 4.79 Å². The highest BCUT2D eigenvalue weighted by molar-refractivity contribution is 6.43. The molecule has 0 aromatic heterocycles. The minimum Gasteiger partial charge on any atom is -0.481 e. The summed E-state index contributed by atoms with van der Waals surface area (Å²) in [6.45, 7) is 3.31. The number of benzene rings is 1. The van der Waals surface area contributed by atoms with Crippen LogP contribution in [0.25, 0.3) is 0 Å². The van der Waals surface area contributed by atoms with E-state index in [1.54, 1.807) is 6.07 Å². The number of anilines is 1. The summed E-state index contributed by atoms with van der Waals surface area (Å²) in [5.74, 6) is -0.811. The molecule has 0 saturated carbocycles. The Balaban J connectivity index is 2.86. The second-order valence-corrected chi connectivity index (χ2v) is 4.84. The summed E-state index contributed by atoms with van der Waals surface area (Å²) < 4.78 is 0. The Morgan fingerprint density at radius 3 is 2.67 bits per heavy atom. The van der Waals surface area contributed by atoms with Crippen LogP contribution in [0.5, 0.6) is 0 Å². The number of rotatable bonds is 7. The standard InChI is InChI=1S/C13H17Cl2NO2/c1-2-3-8-16(9-7-12(17)18)11-6-4-5-10(14)13(11)15/h4-6H,2-3,7-9H2,1H3,(H,17,18). The van der Waals surface area contributed by atoms with Gasteiger partial charge in [-0.1, -0.05) is 42.6 Å². The van der Waals surface area contributed by atoms with Gasteiger partial charge in [-0.25, -0.2) is 0 Å². The van der Waals surface area contributed by atoms with Crippen molar-refractivity contribution in [3.8, 4) is 0 Å². The molecule has 0 amide bonds. The molecule has 5 heteroatoms. The molecule has 0 unspecified atom stereocenters. The van der Waals surface area contributed by atoms with Crippen LogP contribution in [0.1, 0.15) is 26.2 Å². The number of nitrogens with zero attached hydrogens (tertiary/aromatic N) is 1. The topological polar surface area (TPSA) is 40.5 Å². The minimum atomic E-state index is -0.811. The van der Waals surface area contributed by atoms with Crippen LogP contribution in [0.2, 0.25) is 10.0 Å². The van der Waals surface area contributed by atoms with E-state index in [2.05, 4.69) is 6.92 Å². The van der Waals surface area contributed by atoms with Crippen LogP contribution in [0.3, 0.4) is 0 Å². The maximum atomic E-state index is 10.7. The van der Waals surface area contributed by atoms with Crippen molar-refractivity contribution in [3.05, 3.63) is 28.2 Å². The van der Waals surface area contributed by atoms with Gasteiger partial charge in [-0.2, -0.15) is 0 Å². The third kappa shape index (κ3) is 4.39. The molecular weight excluding hydrogens is 273 g/mol. The Kier molecular flexibility index (Phi) is 6.30. The SMILES string of the molecule is CCCCN(CCC(=O)O)c1cccc(Cl)c1Cl. The van der Waals surface area contributed by atoms with Gasteiger partial charge in [0, 0.05) is 13.1 Å². The Hall–Kier alpha value is -0.930. The van der Waals surface area contributed by atoms with Crippen LogP contribution in [0, 0.1) is 0 Å². The van der Waals surface area contributed by atoms with Gasteiger partial charge < -0.3 is 10.0 Å². The highest BCUT2D eigenvalue weighted by Crippen LogP contribution is 2.32. The zero-order valence-electron chi connectivity index (χ0n) is 10.3. The van der Waals surface area contributed by atoms with Crippen molar-refractivity contribution in [2.24, 2.45) is 0 Å². The third-order valence-corrected chi connectivity index (χ3v) is 3.46. The molecule has 0 bridgehead atoms. The smallest absolute Gasteiger partial charge is 0.305 e. The first-order chi connectivity index (χ1) is 8.56. The monoisotopic (exact) mass is 289 g/mol. The van der Waals surface area contributed by atoms with Crippen LogP contribution in [0.15, 0.2) is 18.2 Å². The second-order valence-electron chi connectivity index (χ2n) is 4.06. The molecule has 0 atom stereocenters. The molecule has 100 valence electrons. The van der Waals surface area contributed by atoms with E-state index >= 15 is 0 Å². The predicted molar refractivity (Wildman–Crippen MR) is 75.8 cm³/mol. The van der Waals surface area contributed by atoms with Gasteiger partial charge in [-0.15, -0.1) is 0 Å². The van der Waals surface area contributed by atoms with Crippen molar-refractivity contribution in [2.45, 2.75) is 26.2 Å². The number of aliphatic carboxylic acids is 1. The summed E-state index contributed by atoms with van der Waals surface area (Å²) in [6, 6.07) is 5.41. The molecular formula is C13H17Cl2NO2. The van der Waals surface area contributed by atoms with Crippen molar-refractivity contribution >= 4 is 34.9 Å². The zero-order valence-corrected chi connectivity index (χ0v) is 11.8. The average molecular weight is 290 g/mol. The van der Waals surface area contributed by atoms with Crippen molar-refractivity contribution in [3.63, 3.8) is 0 Å². The van der Waals surface area contributed by atoms with Gasteiger partial charge in [0.05, 0.1) is 22.2 Å². The molecule has 0 saturated heterocycles. The lowest BCUT2D eigenvalue weighted by molar-refractivity contribution is -0.136.